The molecule has 0 saturated carbocycles. The molecule has 0 atom stereocenters. The van der Waals surface area contributed by atoms with Crippen LogP contribution in [-0.2, 0) is 6.42 Å². The minimum absolute atomic E-state index is 1.14. The standard InChI is InChI=1S/C25H32N3S/c1-2-3-4-5-6-9-19-16-22-25(18-23(19)28-14-8-15-28)29-24-17-20(27-12-7-13-27)10-11-21(24)26-22/h10-11,16-18H,2-9,12-15H2,1H3/q+1. The zero-order chi connectivity index (χ0) is 19.6. The summed E-state index contributed by atoms with van der Waals surface area (Å²) in [5.41, 5.74) is 5.17. The average Bonchev–Trinajstić information content (AvgIpc) is 2.64. The molecule has 152 valence electrons. The van der Waals surface area contributed by atoms with Crippen molar-refractivity contribution in [3.8, 4) is 10.6 Å². The van der Waals surface area contributed by atoms with Gasteiger partial charge >= 0.3 is 0 Å². The molecule has 0 bridgehead atoms. The van der Waals surface area contributed by atoms with Crippen molar-refractivity contribution in [2.24, 2.45) is 0 Å². The van der Waals surface area contributed by atoms with Gasteiger partial charge in [0, 0.05) is 30.4 Å². The Kier molecular flexibility index (Phi) is 5.54. The van der Waals surface area contributed by atoms with Gasteiger partial charge in [0.1, 0.15) is 13.1 Å². The molecule has 0 aromatic heterocycles. The number of anilines is 1. The molecule has 0 N–H and O–H groups in total. The van der Waals surface area contributed by atoms with E-state index in [1.807, 2.05) is 11.3 Å². The Morgan fingerprint density at radius 2 is 1.86 bits per heavy atom. The van der Waals surface area contributed by atoms with E-state index in [1.54, 1.807) is 0 Å². The van der Waals surface area contributed by atoms with Crippen molar-refractivity contribution < 1.29 is 0 Å². The summed E-state index contributed by atoms with van der Waals surface area (Å²) in [6.45, 7) is 7.09. The Hall–Kier alpha value is -1.94. The molecule has 1 aromatic rings. The molecular formula is C25H32N3S+. The monoisotopic (exact) mass is 406 g/mol. The van der Waals surface area contributed by atoms with Crippen molar-refractivity contribution in [1.29, 1.82) is 0 Å². The molecule has 1 aliphatic carbocycles. The molecule has 0 amide bonds. The Morgan fingerprint density at radius 1 is 1.00 bits per heavy atom. The number of hydrogen-bond donors (Lipinski definition) is 0. The number of fused-ring (bicyclic) bond motifs is 2. The van der Waals surface area contributed by atoms with E-state index in [-0.39, 0.29) is 0 Å². The van der Waals surface area contributed by atoms with Crippen LogP contribution in [0.15, 0.2) is 30.3 Å². The summed E-state index contributed by atoms with van der Waals surface area (Å²) in [5.74, 6) is 0. The first-order valence-corrected chi connectivity index (χ1v) is 12.3. The van der Waals surface area contributed by atoms with Crippen LogP contribution in [0.2, 0.25) is 0 Å². The zero-order valence-corrected chi connectivity index (χ0v) is 18.4. The van der Waals surface area contributed by atoms with Gasteiger partial charge in [-0.2, -0.15) is 0 Å². The molecule has 3 heterocycles. The van der Waals surface area contributed by atoms with Gasteiger partial charge in [-0.25, -0.2) is 9.56 Å². The third-order valence-corrected chi connectivity index (χ3v) is 7.63. The lowest BCUT2D eigenvalue weighted by molar-refractivity contribution is 0.430. The maximum absolute atomic E-state index is 5.06. The molecule has 2 fully saturated rings. The Balaban J connectivity index is 1.51. The lowest BCUT2D eigenvalue weighted by atomic mass is 10.0. The molecule has 0 unspecified atom stereocenters. The molecule has 29 heavy (non-hydrogen) atoms. The van der Waals surface area contributed by atoms with Gasteiger partial charge in [0.25, 0.3) is 0 Å². The SMILES string of the molecule is CCCCCCCc1cc2nc3ccc(N4CCC4)cc3sc-2cc1=[N+]1CCC1. The second-order valence-electron chi connectivity index (χ2n) is 8.66. The van der Waals surface area contributed by atoms with Crippen LogP contribution in [0.5, 0.6) is 0 Å². The van der Waals surface area contributed by atoms with Crippen LogP contribution in [0.25, 0.3) is 20.8 Å². The van der Waals surface area contributed by atoms with Gasteiger partial charge < -0.3 is 4.90 Å². The van der Waals surface area contributed by atoms with E-state index in [4.69, 9.17) is 4.98 Å². The second-order valence-corrected chi connectivity index (χ2v) is 9.74. The fourth-order valence-electron chi connectivity index (χ4n) is 4.44. The second kappa shape index (κ2) is 8.43. The summed E-state index contributed by atoms with van der Waals surface area (Å²) in [4.78, 5) is 8.85. The lowest BCUT2D eigenvalue weighted by Crippen LogP contribution is -2.42. The maximum atomic E-state index is 5.06. The van der Waals surface area contributed by atoms with Crippen LogP contribution < -0.4 is 14.8 Å². The fourth-order valence-corrected chi connectivity index (χ4v) is 5.45. The van der Waals surface area contributed by atoms with Crippen LogP contribution in [0, 0.1) is 0 Å². The molecule has 1 aromatic carbocycles. The summed E-state index contributed by atoms with van der Waals surface area (Å²) in [6.07, 6.45) is 10.5. The highest BCUT2D eigenvalue weighted by Crippen LogP contribution is 2.33. The third kappa shape index (κ3) is 3.92. The van der Waals surface area contributed by atoms with Gasteiger partial charge in [-0.15, -0.1) is 11.3 Å². The molecule has 4 heteroatoms. The van der Waals surface area contributed by atoms with Crippen LogP contribution in [0.4, 0.5) is 5.69 Å². The van der Waals surface area contributed by atoms with E-state index in [9.17, 15) is 0 Å². The van der Waals surface area contributed by atoms with Crippen molar-refractivity contribution in [1.82, 2.24) is 9.56 Å². The van der Waals surface area contributed by atoms with Crippen LogP contribution in [0.3, 0.4) is 0 Å². The average molecular weight is 407 g/mol. The van der Waals surface area contributed by atoms with Crippen molar-refractivity contribution in [3.63, 3.8) is 0 Å². The van der Waals surface area contributed by atoms with E-state index < -0.39 is 0 Å². The molecule has 0 spiro atoms. The van der Waals surface area contributed by atoms with Gasteiger partial charge in [-0.1, -0.05) is 32.6 Å². The van der Waals surface area contributed by atoms with E-state index in [0.717, 1.165) is 5.52 Å². The van der Waals surface area contributed by atoms with Crippen molar-refractivity contribution in [2.75, 3.05) is 31.1 Å². The molecule has 5 rings (SSSR count). The Bertz CT molecular complexity index is 1040. The van der Waals surface area contributed by atoms with E-state index >= 15 is 0 Å². The smallest absolute Gasteiger partial charge is 0.204 e. The minimum atomic E-state index is 1.14. The van der Waals surface area contributed by atoms with Crippen LogP contribution >= 0.6 is 11.3 Å². The van der Waals surface area contributed by atoms with Crippen molar-refractivity contribution >= 4 is 27.2 Å². The fraction of sp³-hybridized carbons (Fsp3) is 0.520. The third-order valence-electron chi connectivity index (χ3n) is 6.53. The molecule has 0 radical (unpaired) electrons. The van der Waals surface area contributed by atoms with Crippen molar-refractivity contribution in [2.45, 2.75) is 58.3 Å². The zero-order valence-electron chi connectivity index (χ0n) is 17.6. The quantitative estimate of drug-likeness (QED) is 0.301. The summed E-state index contributed by atoms with van der Waals surface area (Å²) in [7, 11) is 0. The molecule has 2 saturated heterocycles. The van der Waals surface area contributed by atoms with E-state index in [0.29, 0.717) is 0 Å². The summed E-state index contributed by atoms with van der Waals surface area (Å²) in [5, 5.41) is 1.47. The summed E-state index contributed by atoms with van der Waals surface area (Å²) < 4.78 is 3.87. The Morgan fingerprint density at radius 3 is 2.59 bits per heavy atom. The highest BCUT2D eigenvalue weighted by Gasteiger charge is 2.21. The summed E-state index contributed by atoms with van der Waals surface area (Å²) >= 11 is 1.91. The minimum Gasteiger partial charge on any atom is -0.371 e. The van der Waals surface area contributed by atoms with E-state index in [2.05, 4.69) is 46.7 Å². The number of benzene rings is 2. The predicted molar refractivity (Wildman–Crippen MR) is 125 cm³/mol. The largest absolute Gasteiger partial charge is 0.371 e. The molecule has 3 aliphatic heterocycles. The number of aryl methyl sites for hydroxylation is 1. The maximum Gasteiger partial charge on any atom is 0.204 e. The number of aromatic nitrogens is 1. The molecular weight excluding hydrogens is 374 g/mol. The normalized spacial score (nSPS) is 16.3. The van der Waals surface area contributed by atoms with E-state index in [1.165, 1.54) is 109 Å². The first kappa shape index (κ1) is 19.0. The van der Waals surface area contributed by atoms with Crippen molar-refractivity contribution in [3.05, 3.63) is 41.3 Å². The first-order chi connectivity index (χ1) is 14.3. The number of unbranched alkanes of at least 4 members (excludes halogenated alkanes) is 4. The number of hydrogen-bond acceptors (Lipinski definition) is 3. The molecule has 4 aliphatic rings. The Labute approximate surface area is 178 Å². The summed E-state index contributed by atoms with van der Waals surface area (Å²) in [6, 6.07) is 11.6. The van der Waals surface area contributed by atoms with Crippen LogP contribution in [0.1, 0.15) is 57.4 Å². The van der Waals surface area contributed by atoms with Crippen LogP contribution in [-0.4, -0.2) is 31.2 Å². The van der Waals surface area contributed by atoms with Gasteiger partial charge in [0.2, 0.25) is 5.36 Å². The van der Waals surface area contributed by atoms with Gasteiger partial charge in [0.05, 0.1) is 27.2 Å². The first-order valence-electron chi connectivity index (χ1n) is 11.5. The highest BCUT2D eigenvalue weighted by molar-refractivity contribution is 7.21. The molecule has 3 nitrogen and oxygen atoms in total. The van der Waals surface area contributed by atoms with Gasteiger partial charge in [0.15, 0.2) is 0 Å². The number of rotatable bonds is 7. The number of nitrogens with zero attached hydrogens (tertiary/aromatic N) is 3. The highest BCUT2D eigenvalue weighted by atomic mass is 32.1. The topological polar surface area (TPSA) is 19.1 Å². The van der Waals surface area contributed by atoms with Gasteiger partial charge in [-0.3, -0.25) is 0 Å². The predicted octanol–water partition coefficient (Wildman–Crippen LogP) is 5.30. The lowest BCUT2D eigenvalue weighted by Gasteiger charge is -2.33. The van der Waals surface area contributed by atoms with Gasteiger partial charge in [-0.05, 0) is 43.5 Å².